The minimum Gasteiger partial charge on any atom is -0.394 e. The summed E-state index contributed by atoms with van der Waals surface area (Å²) in [6.07, 6.45) is 1.65. The Balaban J connectivity index is 4.32. The third kappa shape index (κ3) is 4.34. The van der Waals surface area contributed by atoms with Crippen molar-refractivity contribution >= 4 is 10.0 Å². The third-order valence-corrected chi connectivity index (χ3v) is 2.42. The highest BCUT2D eigenvalue weighted by Crippen LogP contribution is 2.08. The Morgan fingerprint density at radius 1 is 1.55 bits per heavy atom. The first kappa shape index (κ1) is 10.9. The monoisotopic (exact) mass is 181 g/mol. The van der Waals surface area contributed by atoms with Crippen LogP contribution in [0.4, 0.5) is 0 Å². The summed E-state index contributed by atoms with van der Waals surface area (Å²) in [5.41, 5.74) is -0.715. The van der Waals surface area contributed by atoms with E-state index in [1.54, 1.807) is 6.92 Å². The summed E-state index contributed by atoms with van der Waals surface area (Å²) in [7, 11) is -3.22. The molecule has 11 heavy (non-hydrogen) atoms. The minimum atomic E-state index is -3.22. The van der Waals surface area contributed by atoms with E-state index in [0.29, 0.717) is 6.42 Å². The first-order valence-electron chi connectivity index (χ1n) is 3.43. The molecule has 0 amide bonds. The van der Waals surface area contributed by atoms with E-state index in [-0.39, 0.29) is 6.61 Å². The molecule has 0 aliphatic carbocycles. The maximum Gasteiger partial charge on any atom is 0.209 e. The number of aliphatic hydroxyl groups is 1. The van der Waals surface area contributed by atoms with E-state index in [2.05, 4.69) is 4.72 Å². The Kier molecular flexibility index (Phi) is 3.47. The molecule has 0 spiro atoms. The van der Waals surface area contributed by atoms with E-state index in [4.69, 9.17) is 5.11 Å². The highest BCUT2D eigenvalue weighted by atomic mass is 32.2. The molecule has 0 aromatic carbocycles. The van der Waals surface area contributed by atoms with E-state index in [0.717, 1.165) is 6.26 Å². The van der Waals surface area contributed by atoms with E-state index in [9.17, 15) is 8.42 Å². The molecule has 0 radical (unpaired) electrons. The zero-order valence-electron chi connectivity index (χ0n) is 7.09. The standard InChI is InChI=1S/C6H15NO3S/c1-4-6(2,5-8)7-11(3,9)10/h7-8H,4-5H2,1-3H3. The molecule has 0 aromatic rings. The molecule has 68 valence electrons. The van der Waals surface area contributed by atoms with E-state index in [1.165, 1.54) is 0 Å². The van der Waals surface area contributed by atoms with Crippen LogP contribution in [0.1, 0.15) is 20.3 Å². The van der Waals surface area contributed by atoms with Crippen molar-refractivity contribution in [3.63, 3.8) is 0 Å². The van der Waals surface area contributed by atoms with Gasteiger partial charge >= 0.3 is 0 Å². The Morgan fingerprint density at radius 3 is 2.09 bits per heavy atom. The number of nitrogens with one attached hydrogen (secondary N) is 1. The molecular weight excluding hydrogens is 166 g/mol. The Hall–Kier alpha value is -0.130. The second-order valence-corrected chi connectivity index (χ2v) is 4.70. The van der Waals surface area contributed by atoms with Crippen LogP contribution in [0, 0.1) is 0 Å². The van der Waals surface area contributed by atoms with Gasteiger partial charge in [-0.25, -0.2) is 13.1 Å². The first-order chi connectivity index (χ1) is 4.83. The van der Waals surface area contributed by atoms with Crippen LogP contribution in [0.15, 0.2) is 0 Å². The lowest BCUT2D eigenvalue weighted by Crippen LogP contribution is -2.47. The highest BCUT2D eigenvalue weighted by Gasteiger charge is 2.24. The van der Waals surface area contributed by atoms with Gasteiger partial charge in [0.05, 0.1) is 18.4 Å². The van der Waals surface area contributed by atoms with Gasteiger partial charge in [-0.2, -0.15) is 0 Å². The second-order valence-electron chi connectivity index (χ2n) is 2.95. The molecule has 0 rings (SSSR count). The summed E-state index contributed by atoms with van der Waals surface area (Å²) in [6.45, 7) is 3.29. The SMILES string of the molecule is CCC(C)(CO)NS(C)(=O)=O. The van der Waals surface area contributed by atoms with Crippen LogP contribution in [0.5, 0.6) is 0 Å². The summed E-state index contributed by atoms with van der Waals surface area (Å²) < 4.78 is 23.8. The predicted octanol–water partition coefficient (Wildman–Crippen LogP) is -0.303. The number of rotatable bonds is 4. The van der Waals surface area contributed by atoms with E-state index >= 15 is 0 Å². The summed E-state index contributed by atoms with van der Waals surface area (Å²) >= 11 is 0. The van der Waals surface area contributed by atoms with Crippen LogP contribution in [-0.2, 0) is 10.0 Å². The fourth-order valence-corrected chi connectivity index (χ4v) is 1.77. The van der Waals surface area contributed by atoms with Gasteiger partial charge in [0.25, 0.3) is 0 Å². The van der Waals surface area contributed by atoms with Crippen molar-refractivity contribution in [2.24, 2.45) is 0 Å². The van der Waals surface area contributed by atoms with E-state index in [1.807, 2.05) is 6.92 Å². The van der Waals surface area contributed by atoms with Crippen molar-refractivity contribution in [3.05, 3.63) is 0 Å². The van der Waals surface area contributed by atoms with Crippen LogP contribution < -0.4 is 4.72 Å². The molecule has 0 heterocycles. The molecule has 2 N–H and O–H groups in total. The van der Waals surface area contributed by atoms with Crippen molar-refractivity contribution in [1.82, 2.24) is 4.72 Å². The molecule has 4 nitrogen and oxygen atoms in total. The van der Waals surface area contributed by atoms with Crippen molar-refractivity contribution in [3.8, 4) is 0 Å². The lowest BCUT2D eigenvalue weighted by molar-refractivity contribution is 0.191. The lowest BCUT2D eigenvalue weighted by Gasteiger charge is -2.25. The molecule has 1 atom stereocenters. The Morgan fingerprint density at radius 2 is 2.00 bits per heavy atom. The zero-order chi connectivity index (χ0) is 9.12. The molecule has 5 heteroatoms. The van der Waals surface area contributed by atoms with Gasteiger partial charge in [0.1, 0.15) is 0 Å². The molecule has 0 fully saturated rings. The first-order valence-corrected chi connectivity index (χ1v) is 5.32. The normalized spacial score (nSPS) is 17.8. The largest absolute Gasteiger partial charge is 0.394 e. The summed E-state index contributed by atoms with van der Waals surface area (Å²) in [4.78, 5) is 0. The topological polar surface area (TPSA) is 66.4 Å². The molecule has 0 bridgehead atoms. The van der Waals surface area contributed by atoms with Crippen LogP contribution in [0.2, 0.25) is 0 Å². The van der Waals surface area contributed by atoms with Gasteiger partial charge in [-0.05, 0) is 13.3 Å². The van der Waals surface area contributed by atoms with Crippen LogP contribution in [0.25, 0.3) is 0 Å². The second kappa shape index (κ2) is 3.51. The molecule has 1 unspecified atom stereocenters. The number of hydrogen-bond acceptors (Lipinski definition) is 3. The van der Waals surface area contributed by atoms with Crippen LogP contribution >= 0.6 is 0 Å². The van der Waals surface area contributed by atoms with Crippen molar-refractivity contribution in [2.45, 2.75) is 25.8 Å². The molecular formula is C6H15NO3S. The summed E-state index contributed by atoms with van der Waals surface area (Å²) in [6, 6.07) is 0. The molecule has 0 aliphatic rings. The van der Waals surface area contributed by atoms with Crippen molar-refractivity contribution in [2.75, 3.05) is 12.9 Å². The fourth-order valence-electron chi connectivity index (χ4n) is 0.664. The van der Waals surface area contributed by atoms with Gasteiger partial charge in [0, 0.05) is 0 Å². The van der Waals surface area contributed by atoms with Crippen molar-refractivity contribution in [1.29, 1.82) is 0 Å². The third-order valence-electron chi connectivity index (χ3n) is 1.56. The number of sulfonamides is 1. The Labute approximate surface area is 67.7 Å². The maximum absolute atomic E-state index is 10.7. The molecule has 0 saturated carbocycles. The molecule has 0 saturated heterocycles. The van der Waals surface area contributed by atoms with Gasteiger partial charge in [-0.15, -0.1) is 0 Å². The predicted molar refractivity (Wildman–Crippen MR) is 43.8 cm³/mol. The zero-order valence-corrected chi connectivity index (χ0v) is 7.90. The van der Waals surface area contributed by atoms with Gasteiger partial charge in [0.2, 0.25) is 10.0 Å². The summed E-state index contributed by atoms with van der Waals surface area (Å²) in [5.74, 6) is 0. The average Bonchev–Trinajstić information content (AvgIpc) is 1.84. The van der Waals surface area contributed by atoms with Crippen molar-refractivity contribution < 1.29 is 13.5 Å². The maximum atomic E-state index is 10.7. The minimum absolute atomic E-state index is 0.184. The average molecular weight is 181 g/mol. The molecule has 0 aliphatic heterocycles. The van der Waals surface area contributed by atoms with Gasteiger partial charge < -0.3 is 5.11 Å². The molecule has 0 aromatic heterocycles. The van der Waals surface area contributed by atoms with Gasteiger partial charge in [-0.3, -0.25) is 0 Å². The summed E-state index contributed by atoms with van der Waals surface area (Å²) in [5, 5.41) is 8.82. The van der Waals surface area contributed by atoms with Crippen LogP contribution in [-0.4, -0.2) is 31.9 Å². The number of hydrogen-bond donors (Lipinski definition) is 2. The lowest BCUT2D eigenvalue weighted by atomic mass is 10.0. The fraction of sp³-hybridized carbons (Fsp3) is 1.00. The smallest absolute Gasteiger partial charge is 0.209 e. The quantitative estimate of drug-likeness (QED) is 0.625. The van der Waals surface area contributed by atoms with E-state index < -0.39 is 15.6 Å². The van der Waals surface area contributed by atoms with Gasteiger partial charge in [0.15, 0.2) is 0 Å². The number of aliphatic hydroxyl groups excluding tert-OH is 1. The van der Waals surface area contributed by atoms with Gasteiger partial charge in [-0.1, -0.05) is 6.92 Å². The van der Waals surface area contributed by atoms with Crippen LogP contribution in [0.3, 0.4) is 0 Å². The Bertz CT molecular complexity index is 206. The highest BCUT2D eigenvalue weighted by molar-refractivity contribution is 7.88.